The first-order valence-corrected chi connectivity index (χ1v) is 11.2. The minimum absolute atomic E-state index is 0.0590. The number of hydrogen-bond acceptors (Lipinski definition) is 6. The highest BCUT2D eigenvalue weighted by Crippen LogP contribution is 2.32. The molecule has 0 radical (unpaired) electrons. The summed E-state index contributed by atoms with van der Waals surface area (Å²) in [6, 6.07) is 26.6. The number of amides is 1. The Kier molecular flexibility index (Phi) is 7.16. The molecule has 0 aliphatic heterocycles. The van der Waals surface area contributed by atoms with Crippen LogP contribution < -0.4 is 5.32 Å². The summed E-state index contributed by atoms with van der Waals surface area (Å²) in [6.07, 6.45) is -0.0590. The second-order valence-corrected chi connectivity index (χ2v) is 8.19. The van der Waals surface area contributed by atoms with Gasteiger partial charge in [-0.1, -0.05) is 84.6 Å². The molecule has 0 aliphatic rings. The number of nitrogens with zero attached hydrogens (tertiary/aromatic N) is 2. The molecule has 0 unspecified atom stereocenters. The lowest BCUT2D eigenvalue weighted by Crippen LogP contribution is -2.14. The van der Waals surface area contributed by atoms with E-state index >= 15 is 0 Å². The summed E-state index contributed by atoms with van der Waals surface area (Å²) < 4.78 is 5.91. The smallest absolute Gasteiger partial charge is 0.307 e. The van der Waals surface area contributed by atoms with Gasteiger partial charge in [0.15, 0.2) is 0 Å². The van der Waals surface area contributed by atoms with E-state index in [0.29, 0.717) is 22.4 Å². The van der Waals surface area contributed by atoms with E-state index in [2.05, 4.69) is 15.5 Å². The molecule has 3 aromatic carbocycles. The van der Waals surface area contributed by atoms with Crippen molar-refractivity contribution in [1.29, 1.82) is 0 Å². The van der Waals surface area contributed by atoms with Gasteiger partial charge in [-0.2, -0.15) is 0 Å². The third-order valence-corrected chi connectivity index (χ3v) is 5.67. The van der Waals surface area contributed by atoms with Crippen LogP contribution in [0.5, 0.6) is 0 Å². The SMILES string of the molecule is O=C(O)Cc1ccc(NC(=O)CSc2nnc(C(c3ccccc3)c3ccccc3)o2)cc1. The summed E-state index contributed by atoms with van der Waals surface area (Å²) in [5, 5.41) is 20.3. The molecule has 4 aromatic rings. The van der Waals surface area contributed by atoms with Crippen molar-refractivity contribution in [3.05, 3.63) is 108 Å². The molecule has 4 rings (SSSR count). The lowest BCUT2D eigenvalue weighted by molar-refractivity contribution is -0.136. The molecule has 1 amide bonds. The summed E-state index contributed by atoms with van der Waals surface area (Å²) in [4.78, 5) is 23.1. The van der Waals surface area contributed by atoms with Crippen LogP contribution in [0.25, 0.3) is 0 Å². The number of nitrogens with one attached hydrogen (secondary N) is 1. The molecule has 8 heteroatoms. The van der Waals surface area contributed by atoms with Gasteiger partial charge in [0.2, 0.25) is 11.8 Å². The highest BCUT2D eigenvalue weighted by molar-refractivity contribution is 7.99. The normalized spacial score (nSPS) is 10.8. The molecule has 7 nitrogen and oxygen atoms in total. The summed E-state index contributed by atoms with van der Waals surface area (Å²) in [5.41, 5.74) is 3.33. The predicted octanol–water partition coefficient (Wildman–Crippen LogP) is 4.61. The van der Waals surface area contributed by atoms with E-state index in [1.165, 1.54) is 0 Å². The van der Waals surface area contributed by atoms with Crippen molar-refractivity contribution in [2.24, 2.45) is 0 Å². The number of carboxylic acid groups (broad SMARTS) is 1. The maximum absolute atomic E-state index is 12.3. The lowest BCUT2D eigenvalue weighted by atomic mass is 9.91. The number of carbonyl (C=O) groups is 2. The number of hydrogen-bond donors (Lipinski definition) is 2. The van der Waals surface area contributed by atoms with Gasteiger partial charge in [0, 0.05) is 5.69 Å². The Morgan fingerprint density at radius 1 is 0.879 bits per heavy atom. The average Bonchev–Trinajstić information content (AvgIpc) is 3.29. The molecule has 0 saturated heterocycles. The number of aliphatic carboxylic acids is 1. The first-order valence-electron chi connectivity index (χ1n) is 10.2. The van der Waals surface area contributed by atoms with E-state index in [-0.39, 0.29) is 24.0 Å². The van der Waals surface area contributed by atoms with Gasteiger partial charge in [-0.3, -0.25) is 9.59 Å². The van der Waals surface area contributed by atoms with Gasteiger partial charge in [0.1, 0.15) is 0 Å². The highest BCUT2D eigenvalue weighted by atomic mass is 32.2. The zero-order valence-corrected chi connectivity index (χ0v) is 18.4. The van der Waals surface area contributed by atoms with Gasteiger partial charge in [-0.15, -0.1) is 10.2 Å². The van der Waals surface area contributed by atoms with Crippen molar-refractivity contribution in [3.63, 3.8) is 0 Å². The standard InChI is InChI=1S/C25H21N3O4S/c29-21(26-20-13-11-17(12-14-20)15-22(30)31)16-33-25-28-27-24(32-25)23(18-7-3-1-4-8-18)19-9-5-2-6-10-19/h1-14,23H,15-16H2,(H,26,29)(H,30,31). The minimum atomic E-state index is -0.899. The van der Waals surface area contributed by atoms with Crippen LogP contribution in [0.4, 0.5) is 5.69 Å². The van der Waals surface area contributed by atoms with Crippen molar-refractivity contribution in [2.45, 2.75) is 17.6 Å². The van der Waals surface area contributed by atoms with Crippen LogP contribution in [-0.4, -0.2) is 32.9 Å². The van der Waals surface area contributed by atoms with E-state index in [1.54, 1.807) is 24.3 Å². The number of carbonyl (C=O) groups excluding carboxylic acids is 1. The summed E-state index contributed by atoms with van der Waals surface area (Å²) in [5.74, 6) is -0.770. The molecule has 166 valence electrons. The molecule has 1 heterocycles. The Morgan fingerprint density at radius 2 is 1.48 bits per heavy atom. The Morgan fingerprint density at radius 3 is 2.06 bits per heavy atom. The van der Waals surface area contributed by atoms with Crippen molar-refractivity contribution in [3.8, 4) is 0 Å². The molecule has 0 atom stereocenters. The summed E-state index contributed by atoms with van der Waals surface area (Å²) in [6.45, 7) is 0. The average molecular weight is 460 g/mol. The van der Waals surface area contributed by atoms with Crippen LogP contribution >= 0.6 is 11.8 Å². The van der Waals surface area contributed by atoms with Crippen molar-refractivity contribution < 1.29 is 19.1 Å². The lowest BCUT2D eigenvalue weighted by Gasteiger charge is -2.13. The van der Waals surface area contributed by atoms with Crippen LogP contribution in [-0.2, 0) is 16.0 Å². The Labute approximate surface area is 194 Å². The molecule has 2 N–H and O–H groups in total. The number of rotatable bonds is 9. The van der Waals surface area contributed by atoms with Crippen molar-refractivity contribution in [1.82, 2.24) is 10.2 Å². The molecule has 0 saturated carbocycles. The first-order chi connectivity index (χ1) is 16.1. The van der Waals surface area contributed by atoms with Crippen LogP contribution in [0.2, 0.25) is 0 Å². The zero-order chi connectivity index (χ0) is 23.0. The first kappa shape index (κ1) is 22.3. The Hall–Kier alpha value is -3.91. The second-order valence-electron chi connectivity index (χ2n) is 7.26. The van der Waals surface area contributed by atoms with Crippen LogP contribution in [0.3, 0.4) is 0 Å². The molecule has 1 aromatic heterocycles. The van der Waals surface area contributed by atoms with Crippen LogP contribution in [0, 0.1) is 0 Å². The van der Waals surface area contributed by atoms with E-state index in [1.807, 2.05) is 60.7 Å². The fourth-order valence-electron chi connectivity index (χ4n) is 3.37. The molecular formula is C25H21N3O4S. The number of carboxylic acids is 1. The third kappa shape index (κ3) is 6.08. The van der Waals surface area contributed by atoms with Gasteiger partial charge in [-0.05, 0) is 28.8 Å². The minimum Gasteiger partial charge on any atom is -0.481 e. The number of anilines is 1. The van der Waals surface area contributed by atoms with Gasteiger partial charge >= 0.3 is 5.97 Å². The van der Waals surface area contributed by atoms with Crippen molar-refractivity contribution in [2.75, 3.05) is 11.1 Å². The fourth-order valence-corrected chi connectivity index (χ4v) is 3.94. The zero-order valence-electron chi connectivity index (χ0n) is 17.5. The van der Waals surface area contributed by atoms with E-state index < -0.39 is 5.97 Å². The van der Waals surface area contributed by atoms with Crippen LogP contribution in [0.15, 0.2) is 94.6 Å². The number of benzene rings is 3. The van der Waals surface area contributed by atoms with E-state index in [4.69, 9.17) is 9.52 Å². The van der Waals surface area contributed by atoms with Crippen molar-refractivity contribution >= 4 is 29.3 Å². The third-order valence-electron chi connectivity index (χ3n) is 4.85. The molecule has 0 aliphatic carbocycles. The number of thioether (sulfide) groups is 1. The quantitative estimate of drug-likeness (QED) is 0.352. The second kappa shape index (κ2) is 10.6. The van der Waals surface area contributed by atoms with Gasteiger partial charge in [0.25, 0.3) is 5.22 Å². The summed E-state index contributed by atoms with van der Waals surface area (Å²) in [7, 11) is 0. The monoisotopic (exact) mass is 459 g/mol. The highest BCUT2D eigenvalue weighted by Gasteiger charge is 2.23. The predicted molar refractivity (Wildman–Crippen MR) is 125 cm³/mol. The molecule has 0 spiro atoms. The molecule has 33 heavy (non-hydrogen) atoms. The largest absolute Gasteiger partial charge is 0.481 e. The molecule has 0 bridgehead atoms. The Balaban J connectivity index is 1.40. The summed E-state index contributed by atoms with van der Waals surface area (Å²) >= 11 is 1.16. The maximum atomic E-state index is 12.3. The van der Waals surface area contributed by atoms with Gasteiger partial charge in [0.05, 0.1) is 18.1 Å². The molecular weight excluding hydrogens is 438 g/mol. The van der Waals surface area contributed by atoms with Gasteiger partial charge in [-0.25, -0.2) is 0 Å². The fraction of sp³-hybridized carbons (Fsp3) is 0.120. The maximum Gasteiger partial charge on any atom is 0.307 e. The van der Waals surface area contributed by atoms with Crippen LogP contribution in [0.1, 0.15) is 28.5 Å². The molecule has 0 fully saturated rings. The van der Waals surface area contributed by atoms with E-state index in [0.717, 1.165) is 22.9 Å². The number of aromatic nitrogens is 2. The van der Waals surface area contributed by atoms with Gasteiger partial charge < -0.3 is 14.8 Å². The van der Waals surface area contributed by atoms with E-state index in [9.17, 15) is 9.59 Å². The topological polar surface area (TPSA) is 105 Å². The Bertz CT molecular complexity index is 1170.